The Kier molecular flexibility index (Phi) is 3.94. The van der Waals surface area contributed by atoms with Gasteiger partial charge in [0.1, 0.15) is 11.6 Å². The normalized spacial score (nSPS) is 9.37. The minimum Gasteiger partial charge on any atom is -0.497 e. The van der Waals surface area contributed by atoms with Crippen LogP contribution in [0.3, 0.4) is 0 Å². The van der Waals surface area contributed by atoms with E-state index in [-0.39, 0.29) is 11.6 Å². The first-order chi connectivity index (χ1) is 9.19. The summed E-state index contributed by atoms with van der Waals surface area (Å²) < 4.78 is 17.7. The van der Waals surface area contributed by atoms with Crippen molar-refractivity contribution in [1.29, 1.82) is 0 Å². The predicted octanol–water partition coefficient (Wildman–Crippen LogP) is 3.07. The van der Waals surface area contributed by atoms with E-state index in [9.17, 15) is 9.18 Å². The molecular formula is C16H11FO2. The molecule has 0 spiro atoms. The molecule has 0 saturated heterocycles. The highest BCUT2D eigenvalue weighted by molar-refractivity contribution is 6.09. The van der Waals surface area contributed by atoms with Gasteiger partial charge >= 0.3 is 0 Å². The van der Waals surface area contributed by atoms with Gasteiger partial charge in [-0.2, -0.15) is 0 Å². The Balaban J connectivity index is 2.14. The Hall–Kier alpha value is -2.60. The monoisotopic (exact) mass is 254 g/mol. The Morgan fingerprint density at radius 2 is 1.68 bits per heavy atom. The summed E-state index contributed by atoms with van der Waals surface area (Å²) in [6, 6.07) is 12.4. The molecule has 0 aromatic heterocycles. The van der Waals surface area contributed by atoms with Crippen LogP contribution in [0.1, 0.15) is 15.9 Å². The molecule has 0 radical (unpaired) electrons. The van der Waals surface area contributed by atoms with E-state index in [0.717, 1.165) is 11.3 Å². The third-order valence-corrected chi connectivity index (χ3v) is 2.52. The van der Waals surface area contributed by atoms with Gasteiger partial charge in [0, 0.05) is 11.1 Å². The van der Waals surface area contributed by atoms with Gasteiger partial charge in [0.15, 0.2) is 0 Å². The van der Waals surface area contributed by atoms with Gasteiger partial charge in [0.2, 0.25) is 5.78 Å². The largest absolute Gasteiger partial charge is 0.497 e. The van der Waals surface area contributed by atoms with Gasteiger partial charge in [-0.15, -0.1) is 0 Å². The zero-order valence-electron chi connectivity index (χ0n) is 10.3. The van der Waals surface area contributed by atoms with Crippen LogP contribution in [0.15, 0.2) is 48.5 Å². The van der Waals surface area contributed by atoms with Gasteiger partial charge in [-0.05, 0) is 54.5 Å². The van der Waals surface area contributed by atoms with Crippen molar-refractivity contribution in [1.82, 2.24) is 0 Å². The van der Waals surface area contributed by atoms with Gasteiger partial charge in [-0.3, -0.25) is 4.79 Å². The average molecular weight is 254 g/mol. The molecule has 2 aromatic carbocycles. The zero-order valence-corrected chi connectivity index (χ0v) is 10.3. The number of ketones is 1. The summed E-state index contributed by atoms with van der Waals surface area (Å²) in [5.74, 6) is 5.30. The molecule has 0 unspecified atom stereocenters. The highest BCUT2D eigenvalue weighted by atomic mass is 19.1. The number of ether oxygens (including phenoxy) is 1. The average Bonchev–Trinajstić information content (AvgIpc) is 2.46. The predicted molar refractivity (Wildman–Crippen MR) is 70.6 cm³/mol. The third-order valence-electron chi connectivity index (χ3n) is 2.52. The Morgan fingerprint density at radius 1 is 1.05 bits per heavy atom. The van der Waals surface area contributed by atoms with Crippen molar-refractivity contribution in [3.63, 3.8) is 0 Å². The van der Waals surface area contributed by atoms with Gasteiger partial charge < -0.3 is 4.74 Å². The highest BCUT2D eigenvalue weighted by Gasteiger charge is 2.01. The Morgan fingerprint density at radius 3 is 2.26 bits per heavy atom. The second-order valence-corrected chi connectivity index (χ2v) is 3.81. The van der Waals surface area contributed by atoms with E-state index >= 15 is 0 Å². The molecular weight excluding hydrogens is 243 g/mol. The molecule has 94 valence electrons. The molecule has 3 heteroatoms. The summed E-state index contributed by atoms with van der Waals surface area (Å²) in [6.07, 6.45) is 0. The van der Waals surface area contributed by atoms with Crippen molar-refractivity contribution in [3.8, 4) is 17.6 Å². The van der Waals surface area contributed by atoms with Crippen LogP contribution in [0, 0.1) is 17.7 Å². The second kappa shape index (κ2) is 5.83. The molecule has 2 nitrogen and oxygen atoms in total. The van der Waals surface area contributed by atoms with E-state index in [1.165, 1.54) is 24.3 Å². The number of rotatable bonds is 2. The lowest BCUT2D eigenvalue weighted by Gasteiger charge is -1.97. The summed E-state index contributed by atoms with van der Waals surface area (Å²) in [4.78, 5) is 11.7. The highest BCUT2D eigenvalue weighted by Crippen LogP contribution is 2.10. The van der Waals surface area contributed by atoms with E-state index in [1.807, 2.05) is 0 Å². The molecule has 2 rings (SSSR count). The summed E-state index contributed by atoms with van der Waals surface area (Å²) in [5.41, 5.74) is 1.10. The third kappa shape index (κ3) is 3.43. The van der Waals surface area contributed by atoms with Crippen molar-refractivity contribution < 1.29 is 13.9 Å². The summed E-state index contributed by atoms with van der Waals surface area (Å²) in [6.45, 7) is 0. The molecule has 0 aliphatic rings. The fraction of sp³-hybridized carbons (Fsp3) is 0.0625. The van der Waals surface area contributed by atoms with Crippen molar-refractivity contribution in [2.75, 3.05) is 7.11 Å². The first-order valence-electron chi connectivity index (χ1n) is 5.65. The molecule has 19 heavy (non-hydrogen) atoms. The van der Waals surface area contributed by atoms with E-state index in [0.29, 0.717) is 5.56 Å². The molecule has 0 bridgehead atoms. The van der Waals surface area contributed by atoms with Crippen LogP contribution in [0.5, 0.6) is 5.75 Å². The molecule has 0 amide bonds. The lowest BCUT2D eigenvalue weighted by molar-refractivity contribution is 0.105. The number of halogens is 1. The number of carbonyl (C=O) groups excluding carboxylic acids is 1. The lowest BCUT2D eigenvalue weighted by Crippen LogP contribution is -1.94. The topological polar surface area (TPSA) is 26.3 Å². The summed E-state index contributed by atoms with van der Waals surface area (Å²) in [5, 5.41) is 0. The molecule has 0 aliphatic heterocycles. The van der Waals surface area contributed by atoms with Crippen LogP contribution in [0.25, 0.3) is 0 Å². The fourth-order valence-corrected chi connectivity index (χ4v) is 1.48. The van der Waals surface area contributed by atoms with E-state index < -0.39 is 0 Å². The molecule has 0 atom stereocenters. The van der Waals surface area contributed by atoms with Crippen LogP contribution in [-0.2, 0) is 0 Å². The van der Waals surface area contributed by atoms with Crippen LogP contribution in [0.4, 0.5) is 4.39 Å². The molecule has 2 aromatic rings. The number of hydrogen-bond acceptors (Lipinski definition) is 2. The minimum atomic E-state index is -0.375. The SMILES string of the molecule is COc1ccc(C#CC(=O)c2ccc(F)cc2)cc1. The smallest absolute Gasteiger partial charge is 0.236 e. The second-order valence-electron chi connectivity index (χ2n) is 3.81. The van der Waals surface area contributed by atoms with Gasteiger partial charge in [-0.1, -0.05) is 5.92 Å². The minimum absolute atomic E-state index is 0.337. The first kappa shape index (κ1) is 12.8. The van der Waals surface area contributed by atoms with Crippen molar-refractivity contribution >= 4 is 5.78 Å². The van der Waals surface area contributed by atoms with Crippen LogP contribution in [0.2, 0.25) is 0 Å². The van der Waals surface area contributed by atoms with E-state index in [4.69, 9.17) is 4.74 Å². The van der Waals surface area contributed by atoms with Crippen LogP contribution in [-0.4, -0.2) is 12.9 Å². The maximum Gasteiger partial charge on any atom is 0.236 e. The zero-order chi connectivity index (χ0) is 13.7. The summed E-state index contributed by atoms with van der Waals surface area (Å²) in [7, 11) is 1.58. The van der Waals surface area contributed by atoms with Gasteiger partial charge in [0.05, 0.1) is 7.11 Å². The maximum atomic E-state index is 12.7. The number of carbonyl (C=O) groups is 1. The Labute approximate surface area is 110 Å². The van der Waals surface area contributed by atoms with E-state index in [1.54, 1.807) is 31.4 Å². The van der Waals surface area contributed by atoms with Crippen LogP contribution < -0.4 is 4.74 Å². The lowest BCUT2D eigenvalue weighted by atomic mass is 10.1. The number of benzene rings is 2. The Bertz CT molecular complexity index is 631. The fourth-order valence-electron chi connectivity index (χ4n) is 1.48. The maximum absolute atomic E-state index is 12.7. The van der Waals surface area contributed by atoms with Crippen LogP contribution >= 0.6 is 0 Å². The molecule has 0 N–H and O–H groups in total. The number of hydrogen-bond donors (Lipinski definition) is 0. The van der Waals surface area contributed by atoms with Gasteiger partial charge in [-0.25, -0.2) is 4.39 Å². The van der Waals surface area contributed by atoms with E-state index in [2.05, 4.69) is 11.8 Å². The molecule has 0 fully saturated rings. The summed E-state index contributed by atoms with van der Waals surface area (Å²) >= 11 is 0. The number of Topliss-reactive ketones (excluding diaryl/α,β-unsaturated/α-hetero) is 1. The van der Waals surface area contributed by atoms with Crippen molar-refractivity contribution in [3.05, 3.63) is 65.5 Å². The van der Waals surface area contributed by atoms with Crippen molar-refractivity contribution in [2.24, 2.45) is 0 Å². The molecule has 0 saturated carbocycles. The quantitative estimate of drug-likeness (QED) is 0.608. The molecule has 0 aliphatic carbocycles. The standard InChI is InChI=1S/C16H11FO2/c1-19-15-9-2-12(3-10-15)4-11-16(18)13-5-7-14(17)8-6-13/h2-3,5-10H,1H3. The van der Waals surface area contributed by atoms with Gasteiger partial charge in [0.25, 0.3) is 0 Å². The number of methoxy groups -OCH3 is 1. The van der Waals surface area contributed by atoms with Crippen molar-refractivity contribution in [2.45, 2.75) is 0 Å². The first-order valence-corrected chi connectivity index (χ1v) is 5.65. The molecule has 0 heterocycles.